The van der Waals surface area contributed by atoms with Crippen molar-refractivity contribution in [3.63, 3.8) is 0 Å². The van der Waals surface area contributed by atoms with Gasteiger partial charge in [-0.25, -0.2) is 87.8 Å². The highest BCUT2D eigenvalue weighted by Gasteiger charge is 2.39. The molecule has 0 amide bonds. The molecule has 76 heavy (non-hydrogen) atoms. The summed E-state index contributed by atoms with van der Waals surface area (Å²) in [5, 5.41) is -4.17. The minimum atomic E-state index is -2.76. The van der Waals surface area contributed by atoms with E-state index in [1.165, 1.54) is 0 Å². The van der Waals surface area contributed by atoms with Crippen LogP contribution in [0.25, 0.3) is 22.3 Å². The van der Waals surface area contributed by atoms with E-state index in [0.717, 1.165) is 0 Å². The summed E-state index contributed by atoms with van der Waals surface area (Å²) >= 11 is 24.0. The molecule has 0 saturated heterocycles. The second-order valence-corrected chi connectivity index (χ2v) is 21.6. The van der Waals surface area contributed by atoms with Crippen molar-refractivity contribution in [3.05, 3.63) is 219 Å². The number of H-pyrrole nitrogens is 4. The van der Waals surface area contributed by atoms with E-state index in [1.807, 2.05) is 0 Å². The summed E-state index contributed by atoms with van der Waals surface area (Å²) in [6, 6.07) is 0. The van der Waals surface area contributed by atoms with Crippen LogP contribution in [0.15, 0.2) is 35.8 Å². The highest BCUT2D eigenvalue weighted by molar-refractivity contribution is 9.14. The fraction of sp³-hybridized carbons (Fsp3) is 0. The number of nitrogens with one attached hydrogen (secondary N) is 4. The number of benzene rings is 4. The van der Waals surface area contributed by atoms with Crippen molar-refractivity contribution in [1.82, 2.24) is 19.9 Å². The molecule has 1 aliphatic rings. The van der Waals surface area contributed by atoms with Crippen LogP contribution in [0, 0.1) is 116 Å². The van der Waals surface area contributed by atoms with Crippen LogP contribution in [0.2, 0.25) is 0 Å². The molecule has 5 heterocycles. The Morgan fingerprint density at radius 3 is 0.447 bits per heavy atom. The number of aromatic amines is 4. The van der Waals surface area contributed by atoms with E-state index >= 15 is 70.2 Å². The Balaban J connectivity index is 1.71. The Morgan fingerprint density at radius 2 is 0.303 bits per heavy atom. The van der Waals surface area contributed by atoms with E-state index in [9.17, 15) is 17.6 Å². The molecular formula is C44H4Br8F20N4. The third kappa shape index (κ3) is 7.99. The Morgan fingerprint density at radius 1 is 0.171 bits per heavy atom. The SMILES string of the molecule is Fc1c(F)c(F)c(C2=c3[nH]c(c(Br)c3Br)=C(c3c(F)c(F)c(F)c(F)c3F)c3[nH]c(c(Br)c3Br)C(c3c(F)c(F)c(F)c(F)c3F)=c3[nH]c(c(Br)c3Br)=C(c3c(F)c(F)c(F)c(F)c3F)c3[nH]c2c(Br)c3Br)c(F)c1F. The van der Waals surface area contributed by atoms with Gasteiger partial charge in [0.05, 0.1) is 102 Å². The van der Waals surface area contributed by atoms with Gasteiger partial charge in [-0.2, -0.15) is 0 Å². The van der Waals surface area contributed by atoms with E-state index < -0.39 is 241 Å². The number of rotatable bonds is 4. The molecule has 0 radical (unpaired) electrons. The lowest BCUT2D eigenvalue weighted by Gasteiger charge is -2.14. The zero-order valence-corrected chi connectivity index (χ0v) is 47.3. The number of aromatic nitrogens is 4. The summed E-state index contributed by atoms with van der Waals surface area (Å²) in [7, 11) is 0. The standard InChI is InChI=1S/C44H4Br8F20N4/c45-9-11(47)39-6(2-19(55)27(63)34(70)28(64)20(2)56)41-13(49)15(51)43(75-41)8(4-23(59)31(67)36(72)32(68)24(4)60)44-16(52)14(50)42(76-44)7(3-21(57)29(65)35(71)30(66)22(3)58)40-12(48)10(46)38(74-40)5(37(9)73-39)1-17(53)25(61)33(69)26(62)18(1)54/h73-76H. The molecular weight excluding hydrogens is 1600 g/mol. The quantitative estimate of drug-likeness (QED) is 0.0771. The van der Waals surface area contributed by atoms with Crippen LogP contribution in [-0.2, 0) is 0 Å². The largest absolute Gasteiger partial charge is 0.352 e. The average Bonchev–Trinajstić information content (AvgIpc) is 4.06. The molecule has 0 spiro atoms. The van der Waals surface area contributed by atoms with Crippen LogP contribution in [0.3, 0.4) is 0 Å². The number of halogens is 28. The van der Waals surface area contributed by atoms with Crippen molar-refractivity contribution in [2.45, 2.75) is 0 Å². The van der Waals surface area contributed by atoms with E-state index in [0.29, 0.717) is 0 Å². The molecule has 8 aromatic rings. The summed E-state index contributed by atoms with van der Waals surface area (Å²) in [6.07, 6.45) is 0. The summed E-state index contributed by atoms with van der Waals surface area (Å²) in [5.74, 6) is -53.6. The smallest absolute Gasteiger partial charge is 0.200 e. The van der Waals surface area contributed by atoms with Crippen molar-refractivity contribution in [3.8, 4) is 0 Å². The van der Waals surface area contributed by atoms with E-state index in [2.05, 4.69) is 147 Å². The van der Waals surface area contributed by atoms with Gasteiger partial charge in [0, 0.05) is 22.3 Å². The molecule has 8 bridgehead atoms. The van der Waals surface area contributed by atoms with Gasteiger partial charge in [0.2, 0.25) is 23.3 Å². The summed E-state index contributed by atoms with van der Waals surface area (Å²) < 4.78 is 307. The van der Waals surface area contributed by atoms with Gasteiger partial charge < -0.3 is 19.9 Å². The topological polar surface area (TPSA) is 63.2 Å². The van der Waals surface area contributed by atoms with E-state index in [-0.39, 0.29) is 0 Å². The predicted molar refractivity (Wildman–Crippen MR) is 255 cm³/mol. The molecule has 0 aliphatic carbocycles. The van der Waals surface area contributed by atoms with Gasteiger partial charge in [0.25, 0.3) is 0 Å². The van der Waals surface area contributed by atoms with Gasteiger partial charge in [0.15, 0.2) is 93.1 Å². The summed E-state index contributed by atoms with van der Waals surface area (Å²) in [6.45, 7) is 0. The van der Waals surface area contributed by atoms with Crippen LogP contribution in [-0.4, -0.2) is 19.9 Å². The minimum Gasteiger partial charge on any atom is -0.352 e. The van der Waals surface area contributed by atoms with Gasteiger partial charge in [-0.05, 0) is 127 Å². The summed E-state index contributed by atoms with van der Waals surface area (Å²) in [5.41, 5.74) is -17.3. The third-order valence-corrected chi connectivity index (χ3v) is 19.8. The second kappa shape index (κ2) is 19.9. The Bertz CT molecular complexity index is 3650. The molecule has 4 aromatic carbocycles. The van der Waals surface area contributed by atoms with Gasteiger partial charge >= 0.3 is 0 Å². The molecule has 4 nitrogen and oxygen atoms in total. The van der Waals surface area contributed by atoms with Crippen LogP contribution < -0.4 is 21.4 Å². The fourth-order valence-corrected chi connectivity index (χ4v) is 12.0. The van der Waals surface area contributed by atoms with Gasteiger partial charge in [-0.3, -0.25) is 0 Å². The first-order valence-electron chi connectivity index (χ1n) is 19.3. The molecule has 9 rings (SSSR count). The summed E-state index contributed by atoms with van der Waals surface area (Å²) in [4.78, 5) is 9.36. The first-order valence-corrected chi connectivity index (χ1v) is 25.6. The normalized spacial score (nSPS) is 12.9. The molecule has 0 atom stereocenters. The lowest BCUT2D eigenvalue weighted by Crippen LogP contribution is -2.23. The van der Waals surface area contributed by atoms with Gasteiger partial charge in [0.1, 0.15) is 0 Å². The van der Waals surface area contributed by atoms with Crippen molar-refractivity contribution in [2.75, 3.05) is 0 Å². The molecule has 4 N–H and O–H groups in total. The minimum absolute atomic E-state index is 0.744. The van der Waals surface area contributed by atoms with Gasteiger partial charge in [-0.1, -0.05) is 0 Å². The molecule has 396 valence electrons. The maximum Gasteiger partial charge on any atom is 0.200 e. The second-order valence-electron chi connectivity index (χ2n) is 15.3. The maximum absolute atomic E-state index is 16.4. The highest BCUT2D eigenvalue weighted by Crippen LogP contribution is 2.46. The molecule has 1 aliphatic heterocycles. The first kappa shape index (κ1) is 56.6. The zero-order valence-electron chi connectivity index (χ0n) is 34.6. The first-order chi connectivity index (χ1) is 35.4. The molecule has 0 fully saturated rings. The lowest BCUT2D eigenvalue weighted by atomic mass is 10.00. The van der Waals surface area contributed by atoms with Crippen LogP contribution >= 0.6 is 127 Å². The fourth-order valence-electron chi connectivity index (χ4n) is 7.99. The van der Waals surface area contributed by atoms with Crippen molar-refractivity contribution < 1.29 is 87.8 Å². The van der Waals surface area contributed by atoms with Crippen molar-refractivity contribution in [1.29, 1.82) is 0 Å². The highest BCUT2D eigenvalue weighted by atomic mass is 79.9. The molecule has 4 aromatic heterocycles. The van der Waals surface area contributed by atoms with Crippen LogP contribution in [0.1, 0.15) is 45.0 Å². The number of fused-ring (bicyclic) bond motifs is 8. The Hall–Kier alpha value is -4.08. The number of hydrogen-bond acceptors (Lipinski definition) is 0. The monoisotopic (exact) mass is 1600 g/mol. The van der Waals surface area contributed by atoms with Crippen molar-refractivity contribution in [2.24, 2.45) is 0 Å². The van der Waals surface area contributed by atoms with Crippen LogP contribution in [0.4, 0.5) is 87.8 Å². The van der Waals surface area contributed by atoms with Crippen molar-refractivity contribution >= 4 is 150 Å². The van der Waals surface area contributed by atoms with Gasteiger partial charge in [-0.15, -0.1) is 0 Å². The number of hydrogen-bond donors (Lipinski definition) is 4. The lowest BCUT2D eigenvalue weighted by molar-refractivity contribution is 0.376. The molecule has 0 saturated carbocycles. The molecule has 0 unspecified atom stereocenters. The van der Waals surface area contributed by atoms with E-state index in [4.69, 9.17) is 0 Å². The average molecular weight is 1610 g/mol. The Labute approximate surface area is 472 Å². The van der Waals surface area contributed by atoms with Crippen LogP contribution in [0.5, 0.6) is 0 Å². The maximum atomic E-state index is 16.4. The molecule has 32 heteroatoms. The third-order valence-electron chi connectivity index (χ3n) is 11.4. The predicted octanol–water partition coefficient (Wildman–Crippen LogP) is 15.2. The Kier molecular flexibility index (Phi) is 14.8. The zero-order chi connectivity index (χ0) is 56.2. The van der Waals surface area contributed by atoms with E-state index in [1.54, 1.807) is 0 Å².